The third kappa shape index (κ3) is 5.11. The van der Waals surface area contributed by atoms with Gasteiger partial charge in [0, 0.05) is 55.5 Å². The summed E-state index contributed by atoms with van der Waals surface area (Å²) in [6, 6.07) is 9.85. The van der Waals surface area contributed by atoms with Gasteiger partial charge in [-0.05, 0) is 48.9 Å². The van der Waals surface area contributed by atoms with Crippen molar-refractivity contribution in [1.29, 1.82) is 0 Å². The van der Waals surface area contributed by atoms with E-state index in [9.17, 15) is 18.0 Å². The van der Waals surface area contributed by atoms with E-state index >= 15 is 0 Å². The van der Waals surface area contributed by atoms with Crippen LogP contribution in [0.1, 0.15) is 42.9 Å². The minimum absolute atomic E-state index is 0.0823. The zero-order valence-corrected chi connectivity index (χ0v) is 18.9. The number of alkyl halides is 2. The SMILES string of the molecule is O=C(NC1CN(Cc2ccccc2F)CC(F)(F)C1)C1CCC2NNC(c3ccncc3)C2C1. The summed E-state index contributed by atoms with van der Waals surface area (Å²) in [4.78, 5) is 18.8. The highest BCUT2D eigenvalue weighted by Crippen LogP contribution is 2.40. The van der Waals surface area contributed by atoms with Crippen molar-refractivity contribution in [2.45, 2.75) is 56.3 Å². The molecule has 3 aliphatic rings. The van der Waals surface area contributed by atoms with E-state index < -0.39 is 30.7 Å². The number of hydrazine groups is 1. The lowest BCUT2D eigenvalue weighted by molar-refractivity contribution is -0.130. The average molecular weight is 474 g/mol. The van der Waals surface area contributed by atoms with Gasteiger partial charge < -0.3 is 5.32 Å². The van der Waals surface area contributed by atoms with Crippen molar-refractivity contribution in [2.75, 3.05) is 13.1 Å². The van der Waals surface area contributed by atoms with Crippen LogP contribution in [0, 0.1) is 17.7 Å². The van der Waals surface area contributed by atoms with E-state index in [1.54, 1.807) is 30.6 Å². The predicted octanol–water partition coefficient (Wildman–Crippen LogP) is 3.18. The Morgan fingerprint density at radius 3 is 2.74 bits per heavy atom. The fourth-order valence-corrected chi connectivity index (χ4v) is 5.79. The molecule has 5 unspecified atom stereocenters. The number of carbonyl (C=O) groups excluding carboxylic acids is 1. The molecule has 1 aliphatic carbocycles. The molecular weight excluding hydrogens is 443 g/mol. The highest BCUT2D eigenvalue weighted by Gasteiger charge is 2.45. The number of likely N-dealkylation sites (tertiary alicyclic amines) is 1. The summed E-state index contributed by atoms with van der Waals surface area (Å²) >= 11 is 0. The second-order valence-corrected chi connectivity index (χ2v) is 9.85. The molecule has 5 rings (SSSR count). The van der Waals surface area contributed by atoms with Crippen LogP contribution in [0.4, 0.5) is 13.2 Å². The maximum absolute atomic E-state index is 14.5. The minimum atomic E-state index is -2.94. The summed E-state index contributed by atoms with van der Waals surface area (Å²) in [5.41, 5.74) is 8.21. The number of halogens is 3. The van der Waals surface area contributed by atoms with Crippen molar-refractivity contribution >= 4 is 5.91 Å². The number of amides is 1. The van der Waals surface area contributed by atoms with Crippen LogP contribution in [-0.2, 0) is 11.3 Å². The summed E-state index contributed by atoms with van der Waals surface area (Å²) in [7, 11) is 0. The lowest BCUT2D eigenvalue weighted by atomic mass is 9.74. The second kappa shape index (κ2) is 9.64. The number of hydrogen-bond acceptors (Lipinski definition) is 5. The van der Waals surface area contributed by atoms with Gasteiger partial charge in [-0.25, -0.2) is 18.6 Å². The third-order valence-electron chi connectivity index (χ3n) is 7.36. The molecule has 1 aromatic carbocycles. The number of rotatable bonds is 5. The number of pyridine rings is 1. The molecule has 3 fully saturated rings. The molecule has 6 nitrogen and oxygen atoms in total. The second-order valence-electron chi connectivity index (χ2n) is 9.85. The molecule has 3 N–H and O–H groups in total. The van der Waals surface area contributed by atoms with Gasteiger partial charge in [0.15, 0.2) is 0 Å². The Bertz CT molecular complexity index is 1010. The van der Waals surface area contributed by atoms with Crippen molar-refractivity contribution < 1.29 is 18.0 Å². The smallest absolute Gasteiger partial charge is 0.262 e. The molecule has 2 aromatic rings. The van der Waals surface area contributed by atoms with Crippen LogP contribution in [0.3, 0.4) is 0 Å². The number of aromatic nitrogens is 1. The van der Waals surface area contributed by atoms with Crippen molar-refractivity contribution in [3.63, 3.8) is 0 Å². The topological polar surface area (TPSA) is 69.3 Å². The van der Waals surface area contributed by atoms with Crippen LogP contribution in [0.15, 0.2) is 48.8 Å². The van der Waals surface area contributed by atoms with Crippen LogP contribution < -0.4 is 16.2 Å². The molecule has 5 atom stereocenters. The maximum atomic E-state index is 14.5. The molecule has 1 amide bonds. The first kappa shape index (κ1) is 23.3. The Morgan fingerprint density at radius 2 is 1.94 bits per heavy atom. The number of nitrogens with one attached hydrogen (secondary N) is 3. The highest BCUT2D eigenvalue weighted by molar-refractivity contribution is 5.79. The monoisotopic (exact) mass is 473 g/mol. The first-order valence-electron chi connectivity index (χ1n) is 11.9. The normalized spacial score (nSPS) is 31.1. The van der Waals surface area contributed by atoms with E-state index in [0.717, 1.165) is 12.0 Å². The van der Waals surface area contributed by atoms with Gasteiger partial charge in [0.2, 0.25) is 5.91 Å². The Balaban J connectivity index is 1.22. The average Bonchev–Trinajstić information content (AvgIpc) is 3.23. The Hall–Kier alpha value is -2.49. The molecule has 2 aliphatic heterocycles. The van der Waals surface area contributed by atoms with Gasteiger partial charge >= 0.3 is 0 Å². The minimum Gasteiger partial charge on any atom is -0.352 e. The molecule has 34 heavy (non-hydrogen) atoms. The Morgan fingerprint density at radius 1 is 1.15 bits per heavy atom. The summed E-state index contributed by atoms with van der Waals surface area (Å²) < 4.78 is 43.1. The summed E-state index contributed by atoms with van der Waals surface area (Å²) in [5.74, 6) is -3.49. The van der Waals surface area contributed by atoms with Crippen molar-refractivity contribution in [2.24, 2.45) is 11.8 Å². The molecule has 1 aromatic heterocycles. The Labute approximate surface area is 197 Å². The quantitative estimate of drug-likeness (QED) is 0.623. The van der Waals surface area contributed by atoms with E-state index in [-0.39, 0.29) is 42.9 Å². The first-order valence-corrected chi connectivity index (χ1v) is 11.9. The van der Waals surface area contributed by atoms with E-state index in [0.29, 0.717) is 18.4 Å². The summed E-state index contributed by atoms with van der Waals surface area (Å²) in [5, 5.41) is 2.90. The van der Waals surface area contributed by atoms with E-state index in [1.807, 2.05) is 12.1 Å². The lowest BCUT2D eigenvalue weighted by Crippen LogP contribution is -2.56. The number of carbonyl (C=O) groups is 1. The van der Waals surface area contributed by atoms with Crippen LogP contribution >= 0.6 is 0 Å². The van der Waals surface area contributed by atoms with Crippen LogP contribution in [-0.4, -0.2) is 46.9 Å². The fraction of sp³-hybridized carbons (Fsp3) is 0.520. The maximum Gasteiger partial charge on any atom is 0.262 e. The van der Waals surface area contributed by atoms with Crippen LogP contribution in [0.25, 0.3) is 0 Å². The molecule has 9 heteroatoms. The highest BCUT2D eigenvalue weighted by atomic mass is 19.3. The summed E-state index contributed by atoms with van der Waals surface area (Å²) in [6.45, 7) is -0.0736. The fourth-order valence-electron chi connectivity index (χ4n) is 5.79. The molecule has 182 valence electrons. The van der Waals surface area contributed by atoms with Gasteiger partial charge in [-0.1, -0.05) is 18.2 Å². The zero-order valence-electron chi connectivity index (χ0n) is 18.9. The van der Waals surface area contributed by atoms with Gasteiger partial charge in [-0.15, -0.1) is 0 Å². The predicted molar refractivity (Wildman–Crippen MR) is 121 cm³/mol. The first-order chi connectivity index (χ1) is 16.4. The number of fused-ring (bicyclic) bond motifs is 1. The molecule has 3 heterocycles. The molecule has 0 bridgehead atoms. The van der Waals surface area contributed by atoms with Gasteiger partial charge in [0.1, 0.15) is 5.82 Å². The van der Waals surface area contributed by atoms with Gasteiger partial charge in [-0.2, -0.15) is 0 Å². The molecule has 0 radical (unpaired) electrons. The molecule has 0 spiro atoms. The van der Waals surface area contributed by atoms with Crippen molar-refractivity contribution in [3.05, 3.63) is 65.7 Å². The largest absolute Gasteiger partial charge is 0.352 e. The number of hydrogen-bond donors (Lipinski definition) is 3. The standard InChI is InChI=1S/C25H30F3N5O/c26-21-4-2-1-3-18(21)13-33-14-19(12-25(27,28)15-33)30-24(34)17-5-6-22-20(11-17)23(32-31-22)16-7-9-29-10-8-16/h1-4,7-10,17,19-20,22-23,31-32H,5-6,11-15H2,(H,30,34). The molecular formula is C25H30F3N5O. The van der Waals surface area contributed by atoms with Crippen molar-refractivity contribution in [1.82, 2.24) is 26.1 Å². The molecule has 2 saturated heterocycles. The summed E-state index contributed by atoms with van der Waals surface area (Å²) in [6.07, 6.45) is 5.37. The number of piperidine rings is 1. The lowest BCUT2D eigenvalue weighted by Gasteiger charge is -2.39. The van der Waals surface area contributed by atoms with Gasteiger partial charge in [-0.3, -0.25) is 20.1 Å². The van der Waals surface area contributed by atoms with Crippen molar-refractivity contribution in [3.8, 4) is 0 Å². The Kier molecular flexibility index (Phi) is 6.59. The van der Waals surface area contributed by atoms with Gasteiger partial charge in [0.05, 0.1) is 12.6 Å². The van der Waals surface area contributed by atoms with E-state index in [4.69, 9.17) is 0 Å². The molecule has 1 saturated carbocycles. The number of nitrogens with zero attached hydrogens (tertiary/aromatic N) is 2. The zero-order chi connectivity index (χ0) is 23.7. The van der Waals surface area contributed by atoms with E-state index in [1.165, 1.54) is 11.0 Å². The van der Waals surface area contributed by atoms with Crippen LogP contribution in [0.5, 0.6) is 0 Å². The van der Waals surface area contributed by atoms with Gasteiger partial charge in [0.25, 0.3) is 5.92 Å². The van der Waals surface area contributed by atoms with Crippen LogP contribution in [0.2, 0.25) is 0 Å². The third-order valence-corrected chi connectivity index (χ3v) is 7.36. The van der Waals surface area contributed by atoms with E-state index in [2.05, 4.69) is 21.2 Å². The number of benzene rings is 1.